The Hall–Kier alpha value is -2.87. The minimum Gasteiger partial charge on any atom is -0.373 e. The van der Waals surface area contributed by atoms with E-state index in [1.54, 1.807) is 12.1 Å². The van der Waals surface area contributed by atoms with Crippen LogP contribution in [0.4, 0.5) is 11.4 Å². The van der Waals surface area contributed by atoms with Gasteiger partial charge in [0.25, 0.3) is 5.69 Å². The maximum Gasteiger partial charge on any atom is 0.293 e. The number of nitriles is 1. The Balaban J connectivity index is 1.95. The molecule has 0 spiro atoms. The Kier molecular flexibility index (Phi) is 3.75. The number of nitrogens with one attached hydrogen (secondary N) is 1. The molecular formula is C17H15N3O2. The number of nitro groups is 1. The topological polar surface area (TPSA) is 79.0 Å². The van der Waals surface area contributed by atoms with Crippen LogP contribution < -0.4 is 5.32 Å². The molecule has 1 aliphatic rings. The zero-order valence-corrected chi connectivity index (χ0v) is 12.0. The molecule has 5 heteroatoms. The van der Waals surface area contributed by atoms with Crippen LogP contribution in [0.15, 0.2) is 42.5 Å². The molecule has 0 saturated carbocycles. The normalized spacial score (nSPS) is 16.4. The van der Waals surface area contributed by atoms with Crippen LogP contribution in [0.2, 0.25) is 0 Å². The van der Waals surface area contributed by atoms with Crippen molar-refractivity contribution in [3.05, 3.63) is 69.3 Å². The fraction of sp³-hybridized carbons (Fsp3) is 0.235. The lowest BCUT2D eigenvalue weighted by Gasteiger charge is -2.27. The highest BCUT2D eigenvalue weighted by molar-refractivity contribution is 5.65. The Bertz CT molecular complexity index is 765. The van der Waals surface area contributed by atoms with Gasteiger partial charge >= 0.3 is 0 Å². The van der Waals surface area contributed by atoms with Crippen molar-refractivity contribution in [3.63, 3.8) is 0 Å². The van der Waals surface area contributed by atoms with Gasteiger partial charge in [0.1, 0.15) is 5.69 Å². The summed E-state index contributed by atoms with van der Waals surface area (Å²) in [4.78, 5) is 10.8. The van der Waals surface area contributed by atoms with Gasteiger partial charge in [0.2, 0.25) is 0 Å². The predicted molar refractivity (Wildman–Crippen MR) is 83.6 cm³/mol. The van der Waals surface area contributed by atoms with Crippen LogP contribution in [0, 0.1) is 21.4 Å². The third-order valence-electron chi connectivity index (χ3n) is 4.02. The SMILES string of the molecule is N#Cc1ccc(NC2CCCc3ccccc32)c([N+](=O)[O-])c1. The first-order valence-electron chi connectivity index (χ1n) is 7.22. The molecule has 0 amide bonds. The summed E-state index contributed by atoms with van der Waals surface area (Å²) in [5.74, 6) is 0. The Labute approximate surface area is 128 Å². The van der Waals surface area contributed by atoms with E-state index in [0.717, 1.165) is 19.3 Å². The molecule has 2 aromatic carbocycles. The molecule has 2 aromatic rings. The second-order valence-corrected chi connectivity index (χ2v) is 5.39. The fourth-order valence-corrected chi connectivity index (χ4v) is 2.97. The third-order valence-corrected chi connectivity index (χ3v) is 4.02. The van der Waals surface area contributed by atoms with Crippen molar-refractivity contribution in [2.24, 2.45) is 0 Å². The van der Waals surface area contributed by atoms with Crippen molar-refractivity contribution in [1.29, 1.82) is 5.26 Å². The molecule has 1 N–H and O–H groups in total. The van der Waals surface area contributed by atoms with Crippen molar-refractivity contribution < 1.29 is 4.92 Å². The lowest BCUT2D eigenvalue weighted by Crippen LogP contribution is -2.17. The third kappa shape index (κ3) is 2.63. The molecule has 3 rings (SSSR count). The summed E-state index contributed by atoms with van der Waals surface area (Å²) in [5.41, 5.74) is 3.20. The monoisotopic (exact) mass is 293 g/mol. The van der Waals surface area contributed by atoms with Gasteiger partial charge in [-0.2, -0.15) is 5.26 Å². The maximum absolute atomic E-state index is 11.2. The summed E-state index contributed by atoms with van der Waals surface area (Å²) in [6.07, 6.45) is 3.04. The molecule has 0 radical (unpaired) electrons. The second kappa shape index (κ2) is 5.86. The van der Waals surface area contributed by atoms with Crippen LogP contribution >= 0.6 is 0 Å². The molecule has 0 bridgehead atoms. The lowest BCUT2D eigenvalue weighted by atomic mass is 9.87. The van der Waals surface area contributed by atoms with Crippen molar-refractivity contribution in [2.75, 3.05) is 5.32 Å². The number of nitrogens with zero attached hydrogens (tertiary/aromatic N) is 2. The molecule has 5 nitrogen and oxygen atoms in total. The van der Waals surface area contributed by atoms with Crippen molar-refractivity contribution in [2.45, 2.75) is 25.3 Å². The number of aryl methyl sites for hydroxylation is 1. The molecule has 110 valence electrons. The first-order valence-corrected chi connectivity index (χ1v) is 7.22. The standard InChI is InChI=1S/C17H15N3O2/c18-11-12-8-9-16(17(10-12)20(21)22)19-15-7-3-5-13-4-1-2-6-14(13)15/h1-2,4,6,8-10,15,19H,3,5,7H2. The quantitative estimate of drug-likeness (QED) is 0.686. The smallest absolute Gasteiger partial charge is 0.293 e. The van der Waals surface area contributed by atoms with Gasteiger partial charge < -0.3 is 5.32 Å². The van der Waals surface area contributed by atoms with Gasteiger partial charge in [-0.1, -0.05) is 24.3 Å². The first-order chi connectivity index (χ1) is 10.7. The van der Waals surface area contributed by atoms with Gasteiger partial charge in [0, 0.05) is 6.07 Å². The van der Waals surface area contributed by atoms with E-state index in [0.29, 0.717) is 11.3 Å². The first kappa shape index (κ1) is 14.1. The number of fused-ring (bicyclic) bond motifs is 1. The molecular weight excluding hydrogens is 278 g/mol. The highest BCUT2D eigenvalue weighted by atomic mass is 16.6. The summed E-state index contributed by atoms with van der Waals surface area (Å²) >= 11 is 0. The Morgan fingerprint density at radius 3 is 2.86 bits per heavy atom. The highest BCUT2D eigenvalue weighted by Gasteiger charge is 2.23. The summed E-state index contributed by atoms with van der Waals surface area (Å²) in [5, 5.41) is 23.4. The second-order valence-electron chi connectivity index (χ2n) is 5.39. The van der Waals surface area contributed by atoms with Crippen molar-refractivity contribution >= 4 is 11.4 Å². The lowest BCUT2D eigenvalue weighted by molar-refractivity contribution is -0.384. The number of hydrogen-bond acceptors (Lipinski definition) is 4. The number of rotatable bonds is 3. The Morgan fingerprint density at radius 1 is 1.27 bits per heavy atom. The van der Waals surface area contributed by atoms with Gasteiger partial charge in [-0.25, -0.2) is 0 Å². The number of benzene rings is 2. The number of anilines is 1. The van der Waals surface area contributed by atoms with E-state index in [1.807, 2.05) is 18.2 Å². The molecule has 1 unspecified atom stereocenters. The zero-order chi connectivity index (χ0) is 15.5. The van der Waals surface area contributed by atoms with Crippen LogP contribution in [0.5, 0.6) is 0 Å². The minimum atomic E-state index is -0.447. The molecule has 0 aromatic heterocycles. The predicted octanol–water partition coefficient (Wildman–Crippen LogP) is 3.96. The van der Waals surface area contributed by atoms with E-state index < -0.39 is 4.92 Å². The maximum atomic E-state index is 11.2. The van der Waals surface area contributed by atoms with E-state index in [1.165, 1.54) is 17.2 Å². The van der Waals surface area contributed by atoms with E-state index in [2.05, 4.69) is 17.4 Å². The van der Waals surface area contributed by atoms with Gasteiger partial charge in [0.05, 0.1) is 22.6 Å². The van der Waals surface area contributed by atoms with Crippen LogP contribution in [0.25, 0.3) is 0 Å². The molecule has 0 fully saturated rings. The van der Waals surface area contributed by atoms with E-state index in [9.17, 15) is 10.1 Å². The molecule has 0 saturated heterocycles. The van der Waals surface area contributed by atoms with E-state index in [-0.39, 0.29) is 11.7 Å². The van der Waals surface area contributed by atoms with E-state index >= 15 is 0 Å². The Morgan fingerprint density at radius 2 is 2.09 bits per heavy atom. The molecule has 0 heterocycles. The zero-order valence-electron chi connectivity index (χ0n) is 12.0. The summed E-state index contributed by atoms with van der Waals surface area (Å²) in [7, 11) is 0. The summed E-state index contributed by atoms with van der Waals surface area (Å²) in [6, 6.07) is 14.7. The molecule has 1 atom stereocenters. The van der Waals surface area contributed by atoms with Gasteiger partial charge in [-0.15, -0.1) is 0 Å². The van der Waals surface area contributed by atoms with Gasteiger partial charge in [-0.05, 0) is 42.5 Å². The minimum absolute atomic E-state index is 0.0536. The van der Waals surface area contributed by atoms with Crippen LogP contribution in [-0.4, -0.2) is 4.92 Å². The molecule has 22 heavy (non-hydrogen) atoms. The average molecular weight is 293 g/mol. The molecule has 0 aliphatic heterocycles. The van der Waals surface area contributed by atoms with Crippen LogP contribution in [-0.2, 0) is 6.42 Å². The highest BCUT2D eigenvalue weighted by Crippen LogP contribution is 2.35. The van der Waals surface area contributed by atoms with Crippen molar-refractivity contribution in [3.8, 4) is 6.07 Å². The van der Waals surface area contributed by atoms with Gasteiger partial charge in [0.15, 0.2) is 0 Å². The van der Waals surface area contributed by atoms with Crippen LogP contribution in [0.3, 0.4) is 0 Å². The van der Waals surface area contributed by atoms with E-state index in [4.69, 9.17) is 5.26 Å². The summed E-state index contributed by atoms with van der Waals surface area (Å²) in [6.45, 7) is 0. The molecule has 1 aliphatic carbocycles. The average Bonchev–Trinajstić information content (AvgIpc) is 2.55. The number of hydrogen-bond donors (Lipinski definition) is 1. The summed E-state index contributed by atoms with van der Waals surface area (Å²) < 4.78 is 0. The number of nitro benzene ring substituents is 1. The fourth-order valence-electron chi connectivity index (χ4n) is 2.97. The van der Waals surface area contributed by atoms with Crippen LogP contribution in [0.1, 0.15) is 35.6 Å². The van der Waals surface area contributed by atoms with Gasteiger partial charge in [-0.3, -0.25) is 10.1 Å². The van der Waals surface area contributed by atoms with Crippen molar-refractivity contribution in [1.82, 2.24) is 0 Å². The largest absolute Gasteiger partial charge is 0.373 e.